The van der Waals surface area contributed by atoms with E-state index in [1.165, 1.54) is 25.3 Å². The van der Waals surface area contributed by atoms with Crippen LogP contribution in [0.4, 0.5) is 0 Å². The minimum absolute atomic E-state index is 0.0619. The number of nitrogens with zero attached hydrogens (tertiary/aromatic N) is 2. The highest BCUT2D eigenvalue weighted by Gasteiger charge is 2.17. The van der Waals surface area contributed by atoms with E-state index in [1.54, 1.807) is 0 Å². The van der Waals surface area contributed by atoms with Gasteiger partial charge in [0.05, 0.1) is 17.6 Å². The second-order valence-electron chi connectivity index (χ2n) is 3.04. The molecule has 0 aliphatic rings. The smallest absolute Gasteiger partial charge is 0.261 e. The van der Waals surface area contributed by atoms with E-state index >= 15 is 0 Å². The lowest BCUT2D eigenvalue weighted by Gasteiger charge is -2.06. The van der Waals surface area contributed by atoms with E-state index < -0.39 is 9.05 Å². The highest BCUT2D eigenvalue weighted by atomic mass is 35.7. The van der Waals surface area contributed by atoms with E-state index in [1.807, 2.05) is 0 Å². The average molecular weight is 275 g/mol. The fraction of sp³-hybridized carbons (Fsp3) is 0.111. The van der Waals surface area contributed by atoms with Crippen molar-refractivity contribution in [2.24, 2.45) is 0 Å². The van der Waals surface area contributed by atoms with Crippen LogP contribution in [0.1, 0.15) is 0 Å². The van der Waals surface area contributed by atoms with E-state index in [0.717, 1.165) is 6.39 Å². The molecular weight excluding hydrogens is 268 g/mol. The van der Waals surface area contributed by atoms with Crippen LogP contribution in [-0.2, 0) is 9.05 Å². The van der Waals surface area contributed by atoms with Crippen LogP contribution < -0.4 is 4.74 Å². The number of benzene rings is 1. The summed E-state index contributed by atoms with van der Waals surface area (Å²) in [6.07, 6.45) is 1.14. The zero-order valence-corrected chi connectivity index (χ0v) is 10.2. The van der Waals surface area contributed by atoms with Gasteiger partial charge in [-0.2, -0.15) is 0 Å². The van der Waals surface area contributed by atoms with Gasteiger partial charge < -0.3 is 9.15 Å². The second kappa shape index (κ2) is 4.34. The standard InChI is InChI=1S/C9H7ClN2O4S/c1-15-8-3-2-6(17(10,13)14)4-7(8)9-12-11-5-16-9/h2-5H,1H3. The summed E-state index contributed by atoms with van der Waals surface area (Å²) in [4.78, 5) is -0.0619. The van der Waals surface area contributed by atoms with Crippen molar-refractivity contribution in [2.75, 3.05) is 7.11 Å². The number of rotatable bonds is 3. The molecule has 0 spiro atoms. The molecule has 0 bridgehead atoms. The fourth-order valence-electron chi connectivity index (χ4n) is 1.30. The number of hydrogen-bond donors (Lipinski definition) is 0. The fourth-order valence-corrected chi connectivity index (χ4v) is 2.07. The van der Waals surface area contributed by atoms with Gasteiger partial charge in [-0.25, -0.2) is 8.42 Å². The maximum absolute atomic E-state index is 11.2. The van der Waals surface area contributed by atoms with Crippen LogP contribution in [0.3, 0.4) is 0 Å². The van der Waals surface area contributed by atoms with Crippen molar-refractivity contribution in [3.63, 3.8) is 0 Å². The Hall–Kier alpha value is -1.60. The van der Waals surface area contributed by atoms with Gasteiger partial charge in [0.1, 0.15) is 5.75 Å². The SMILES string of the molecule is COc1ccc(S(=O)(=O)Cl)cc1-c1nnco1. The van der Waals surface area contributed by atoms with Crippen LogP contribution in [0.2, 0.25) is 0 Å². The first-order chi connectivity index (χ1) is 8.02. The molecule has 2 rings (SSSR count). The lowest BCUT2D eigenvalue weighted by Crippen LogP contribution is -1.94. The normalized spacial score (nSPS) is 11.4. The van der Waals surface area contributed by atoms with Gasteiger partial charge in [-0.3, -0.25) is 0 Å². The maximum atomic E-state index is 11.2. The van der Waals surface area contributed by atoms with Gasteiger partial charge in [0, 0.05) is 10.7 Å². The quantitative estimate of drug-likeness (QED) is 0.792. The average Bonchev–Trinajstić information content (AvgIpc) is 2.80. The van der Waals surface area contributed by atoms with Gasteiger partial charge in [-0.15, -0.1) is 10.2 Å². The Labute approximate surface area is 102 Å². The van der Waals surface area contributed by atoms with Crippen molar-refractivity contribution >= 4 is 19.7 Å². The molecule has 0 aliphatic carbocycles. The van der Waals surface area contributed by atoms with Crippen LogP contribution in [0.25, 0.3) is 11.5 Å². The zero-order chi connectivity index (χ0) is 12.5. The summed E-state index contributed by atoms with van der Waals surface area (Å²) >= 11 is 0. The number of aromatic nitrogens is 2. The van der Waals surface area contributed by atoms with Gasteiger partial charge >= 0.3 is 0 Å². The molecule has 0 saturated carbocycles. The second-order valence-corrected chi connectivity index (χ2v) is 5.61. The van der Waals surface area contributed by atoms with Crippen molar-refractivity contribution in [1.29, 1.82) is 0 Å². The molecule has 8 heteroatoms. The third kappa shape index (κ3) is 2.40. The molecule has 17 heavy (non-hydrogen) atoms. The molecular formula is C9H7ClN2O4S. The first-order valence-electron chi connectivity index (χ1n) is 4.41. The minimum Gasteiger partial charge on any atom is -0.496 e. The number of methoxy groups -OCH3 is 1. The van der Waals surface area contributed by atoms with Crippen LogP contribution in [0, 0.1) is 0 Å². The summed E-state index contributed by atoms with van der Waals surface area (Å²) in [5.41, 5.74) is 0.367. The Balaban J connectivity index is 2.63. The van der Waals surface area contributed by atoms with E-state index in [4.69, 9.17) is 19.8 Å². The van der Waals surface area contributed by atoms with Crippen LogP contribution >= 0.6 is 10.7 Å². The topological polar surface area (TPSA) is 82.3 Å². The molecule has 1 heterocycles. The Morgan fingerprint density at radius 2 is 2.18 bits per heavy atom. The summed E-state index contributed by atoms with van der Waals surface area (Å²) in [6, 6.07) is 4.12. The molecule has 0 N–H and O–H groups in total. The van der Waals surface area contributed by atoms with Crippen LogP contribution in [0.15, 0.2) is 33.9 Å². The molecule has 1 aromatic carbocycles. The summed E-state index contributed by atoms with van der Waals surface area (Å²) < 4.78 is 32.5. The molecule has 0 fully saturated rings. The molecule has 0 radical (unpaired) electrons. The molecule has 2 aromatic rings. The Morgan fingerprint density at radius 1 is 1.41 bits per heavy atom. The van der Waals surface area contributed by atoms with Gasteiger partial charge in [-0.05, 0) is 18.2 Å². The molecule has 0 atom stereocenters. The molecule has 0 aliphatic heterocycles. The third-order valence-electron chi connectivity index (χ3n) is 2.04. The Kier molecular flexibility index (Phi) is 3.03. The van der Waals surface area contributed by atoms with Crippen molar-refractivity contribution < 1.29 is 17.6 Å². The number of ether oxygens (including phenoxy) is 1. The lowest BCUT2D eigenvalue weighted by atomic mass is 10.2. The first-order valence-corrected chi connectivity index (χ1v) is 6.72. The van der Waals surface area contributed by atoms with E-state index in [2.05, 4.69) is 10.2 Å². The zero-order valence-electron chi connectivity index (χ0n) is 8.62. The van der Waals surface area contributed by atoms with E-state index in [0.29, 0.717) is 11.3 Å². The lowest BCUT2D eigenvalue weighted by molar-refractivity contribution is 0.414. The van der Waals surface area contributed by atoms with Crippen molar-refractivity contribution in [3.8, 4) is 17.2 Å². The van der Waals surface area contributed by atoms with Crippen molar-refractivity contribution in [1.82, 2.24) is 10.2 Å². The molecule has 0 unspecified atom stereocenters. The molecule has 0 saturated heterocycles. The third-order valence-corrected chi connectivity index (χ3v) is 3.39. The van der Waals surface area contributed by atoms with Crippen molar-refractivity contribution in [3.05, 3.63) is 24.6 Å². The van der Waals surface area contributed by atoms with Crippen LogP contribution in [-0.4, -0.2) is 25.7 Å². The molecule has 1 aromatic heterocycles. The Bertz CT molecular complexity index is 624. The van der Waals surface area contributed by atoms with E-state index in [-0.39, 0.29) is 10.8 Å². The van der Waals surface area contributed by atoms with E-state index in [9.17, 15) is 8.42 Å². The largest absolute Gasteiger partial charge is 0.496 e. The van der Waals surface area contributed by atoms with Crippen molar-refractivity contribution in [2.45, 2.75) is 4.90 Å². The maximum Gasteiger partial charge on any atom is 0.261 e. The van der Waals surface area contributed by atoms with Gasteiger partial charge in [0.15, 0.2) is 0 Å². The highest BCUT2D eigenvalue weighted by molar-refractivity contribution is 8.13. The predicted octanol–water partition coefficient (Wildman–Crippen LogP) is 1.67. The highest BCUT2D eigenvalue weighted by Crippen LogP contribution is 2.31. The summed E-state index contributed by atoms with van der Waals surface area (Å²) in [6.45, 7) is 0. The number of hydrogen-bond acceptors (Lipinski definition) is 6. The number of halogens is 1. The minimum atomic E-state index is -3.81. The molecule has 6 nitrogen and oxygen atoms in total. The van der Waals surface area contributed by atoms with Gasteiger partial charge in [0.2, 0.25) is 6.39 Å². The van der Waals surface area contributed by atoms with Gasteiger partial charge in [-0.1, -0.05) is 0 Å². The van der Waals surface area contributed by atoms with Gasteiger partial charge in [0.25, 0.3) is 14.9 Å². The Morgan fingerprint density at radius 3 is 2.71 bits per heavy atom. The monoisotopic (exact) mass is 274 g/mol. The first kappa shape index (κ1) is 11.9. The molecule has 0 amide bonds. The molecule has 90 valence electrons. The summed E-state index contributed by atoms with van der Waals surface area (Å²) in [7, 11) is 2.89. The predicted molar refractivity (Wildman–Crippen MR) is 59.3 cm³/mol. The van der Waals surface area contributed by atoms with Crippen LogP contribution in [0.5, 0.6) is 5.75 Å². The summed E-state index contributed by atoms with van der Waals surface area (Å²) in [5.74, 6) is 0.572. The summed E-state index contributed by atoms with van der Waals surface area (Å²) in [5, 5.41) is 7.19.